The number of H-pyrrole nitrogens is 1. The van der Waals surface area contributed by atoms with Crippen molar-refractivity contribution in [2.24, 2.45) is 0 Å². The highest BCUT2D eigenvalue weighted by Gasteiger charge is 2.23. The van der Waals surface area contributed by atoms with E-state index >= 15 is 0 Å². The van der Waals surface area contributed by atoms with Crippen molar-refractivity contribution in [3.05, 3.63) is 52.1 Å². The number of aromatic amines is 1. The molecule has 0 fully saturated rings. The molecule has 0 saturated carbocycles. The zero-order chi connectivity index (χ0) is 17.9. The molecule has 1 heterocycles. The fourth-order valence-electron chi connectivity index (χ4n) is 2.38. The standard InChI is InChI=1S/C17H18FNO5/c1-9-14(16(20)23-4)10(2)19-15(9)17(21)24-8-11-5-6-13(22-3)12(18)7-11/h5-7,19H,8H2,1-4H3. The third-order valence-electron chi connectivity index (χ3n) is 3.62. The third-order valence-corrected chi connectivity index (χ3v) is 3.62. The number of aromatic nitrogens is 1. The summed E-state index contributed by atoms with van der Waals surface area (Å²) in [6, 6.07) is 4.29. The molecule has 24 heavy (non-hydrogen) atoms. The molecule has 0 aliphatic rings. The van der Waals surface area contributed by atoms with E-state index in [1.165, 1.54) is 26.4 Å². The van der Waals surface area contributed by atoms with Gasteiger partial charge in [0, 0.05) is 5.69 Å². The Morgan fingerprint density at radius 2 is 1.88 bits per heavy atom. The van der Waals surface area contributed by atoms with Crippen molar-refractivity contribution in [1.82, 2.24) is 4.98 Å². The lowest BCUT2D eigenvalue weighted by Gasteiger charge is -2.07. The number of rotatable bonds is 5. The van der Waals surface area contributed by atoms with Gasteiger partial charge in [-0.1, -0.05) is 6.07 Å². The van der Waals surface area contributed by atoms with Gasteiger partial charge in [-0.15, -0.1) is 0 Å². The van der Waals surface area contributed by atoms with Gasteiger partial charge in [-0.05, 0) is 37.1 Å². The number of ether oxygens (including phenoxy) is 3. The summed E-state index contributed by atoms with van der Waals surface area (Å²) in [6.07, 6.45) is 0. The highest BCUT2D eigenvalue weighted by molar-refractivity contribution is 5.98. The summed E-state index contributed by atoms with van der Waals surface area (Å²) in [5, 5.41) is 0. The van der Waals surface area contributed by atoms with Crippen LogP contribution < -0.4 is 4.74 Å². The van der Waals surface area contributed by atoms with Crippen LogP contribution in [0.15, 0.2) is 18.2 Å². The lowest BCUT2D eigenvalue weighted by molar-refractivity contribution is 0.0465. The molecule has 0 amide bonds. The van der Waals surface area contributed by atoms with Gasteiger partial charge < -0.3 is 19.2 Å². The Hall–Kier alpha value is -2.83. The van der Waals surface area contributed by atoms with Crippen LogP contribution in [0, 0.1) is 19.7 Å². The molecule has 0 spiro atoms. The second kappa shape index (κ2) is 7.16. The lowest BCUT2D eigenvalue weighted by Crippen LogP contribution is -2.08. The maximum absolute atomic E-state index is 13.6. The lowest BCUT2D eigenvalue weighted by atomic mass is 10.1. The van der Waals surface area contributed by atoms with Crippen LogP contribution in [-0.2, 0) is 16.1 Å². The first kappa shape index (κ1) is 17.5. The van der Waals surface area contributed by atoms with E-state index < -0.39 is 17.8 Å². The monoisotopic (exact) mass is 335 g/mol. The predicted molar refractivity (Wildman–Crippen MR) is 83.7 cm³/mol. The van der Waals surface area contributed by atoms with Gasteiger partial charge >= 0.3 is 11.9 Å². The van der Waals surface area contributed by atoms with E-state index in [0.717, 1.165) is 0 Å². The Morgan fingerprint density at radius 1 is 1.17 bits per heavy atom. The molecule has 1 N–H and O–H groups in total. The number of carbonyl (C=O) groups excluding carboxylic acids is 2. The van der Waals surface area contributed by atoms with Crippen LogP contribution in [-0.4, -0.2) is 31.1 Å². The van der Waals surface area contributed by atoms with E-state index in [9.17, 15) is 14.0 Å². The second-order valence-corrected chi connectivity index (χ2v) is 5.16. The smallest absolute Gasteiger partial charge is 0.355 e. The summed E-state index contributed by atoms with van der Waals surface area (Å²) in [4.78, 5) is 26.7. The molecule has 6 nitrogen and oxygen atoms in total. The fraction of sp³-hybridized carbons (Fsp3) is 0.294. The Morgan fingerprint density at radius 3 is 2.46 bits per heavy atom. The van der Waals surface area contributed by atoms with Crippen LogP contribution in [0.4, 0.5) is 4.39 Å². The summed E-state index contributed by atoms with van der Waals surface area (Å²) < 4.78 is 28.3. The van der Waals surface area contributed by atoms with E-state index in [2.05, 4.69) is 4.98 Å². The third kappa shape index (κ3) is 3.40. The topological polar surface area (TPSA) is 77.6 Å². The first-order chi connectivity index (χ1) is 11.4. The molecule has 0 atom stereocenters. The van der Waals surface area contributed by atoms with Crippen molar-refractivity contribution in [2.45, 2.75) is 20.5 Å². The normalized spacial score (nSPS) is 10.4. The van der Waals surface area contributed by atoms with Gasteiger partial charge in [0.05, 0.1) is 19.8 Å². The molecule has 0 unspecified atom stereocenters. The van der Waals surface area contributed by atoms with Gasteiger partial charge in [0.25, 0.3) is 0 Å². The van der Waals surface area contributed by atoms with Crippen molar-refractivity contribution >= 4 is 11.9 Å². The van der Waals surface area contributed by atoms with Crippen molar-refractivity contribution < 1.29 is 28.2 Å². The van der Waals surface area contributed by atoms with Crippen LogP contribution >= 0.6 is 0 Å². The van der Waals surface area contributed by atoms with Gasteiger partial charge in [-0.3, -0.25) is 0 Å². The number of aryl methyl sites for hydroxylation is 1. The Kier molecular flexibility index (Phi) is 5.23. The zero-order valence-corrected chi connectivity index (χ0v) is 13.9. The number of nitrogens with one attached hydrogen (secondary N) is 1. The average Bonchev–Trinajstić information content (AvgIpc) is 2.86. The quantitative estimate of drug-likeness (QED) is 0.850. The van der Waals surface area contributed by atoms with Crippen LogP contribution in [0.1, 0.15) is 37.7 Å². The number of hydrogen-bond acceptors (Lipinski definition) is 5. The van der Waals surface area contributed by atoms with E-state index in [0.29, 0.717) is 22.4 Å². The minimum absolute atomic E-state index is 0.106. The van der Waals surface area contributed by atoms with Crippen LogP contribution in [0.25, 0.3) is 0 Å². The largest absolute Gasteiger partial charge is 0.494 e. The van der Waals surface area contributed by atoms with Crippen molar-refractivity contribution in [3.8, 4) is 5.75 Å². The molecule has 0 bridgehead atoms. The molecule has 1 aromatic heterocycles. The molecular weight excluding hydrogens is 317 g/mol. The van der Waals surface area contributed by atoms with E-state index in [-0.39, 0.29) is 18.1 Å². The fourth-order valence-corrected chi connectivity index (χ4v) is 2.38. The Balaban J connectivity index is 2.13. The maximum atomic E-state index is 13.6. The van der Waals surface area contributed by atoms with Gasteiger partial charge in [0.1, 0.15) is 12.3 Å². The van der Waals surface area contributed by atoms with Crippen molar-refractivity contribution in [2.75, 3.05) is 14.2 Å². The number of halogens is 1. The molecule has 7 heteroatoms. The summed E-state index contributed by atoms with van der Waals surface area (Å²) in [5.41, 5.74) is 1.92. The van der Waals surface area contributed by atoms with Gasteiger partial charge in [0.2, 0.25) is 0 Å². The SMILES string of the molecule is COC(=O)c1c(C)[nH]c(C(=O)OCc2ccc(OC)c(F)c2)c1C. The molecule has 2 aromatic rings. The average molecular weight is 335 g/mol. The number of benzene rings is 1. The predicted octanol–water partition coefficient (Wildman–Crippen LogP) is 2.92. The van der Waals surface area contributed by atoms with Crippen LogP contribution in [0.2, 0.25) is 0 Å². The molecule has 2 rings (SSSR count). The van der Waals surface area contributed by atoms with Gasteiger partial charge in [-0.25, -0.2) is 14.0 Å². The maximum Gasteiger partial charge on any atom is 0.355 e. The summed E-state index contributed by atoms with van der Waals surface area (Å²) >= 11 is 0. The molecular formula is C17H18FNO5. The molecule has 0 saturated heterocycles. The molecule has 0 aliphatic heterocycles. The number of esters is 2. The Bertz CT molecular complexity index is 782. The number of hydrogen-bond donors (Lipinski definition) is 1. The summed E-state index contributed by atoms with van der Waals surface area (Å²) in [7, 11) is 2.64. The first-order valence-corrected chi connectivity index (χ1v) is 7.16. The van der Waals surface area contributed by atoms with Gasteiger partial charge in [0.15, 0.2) is 11.6 Å². The van der Waals surface area contributed by atoms with E-state index in [1.54, 1.807) is 19.9 Å². The van der Waals surface area contributed by atoms with Gasteiger partial charge in [-0.2, -0.15) is 0 Å². The molecule has 1 aromatic carbocycles. The van der Waals surface area contributed by atoms with Crippen molar-refractivity contribution in [3.63, 3.8) is 0 Å². The van der Waals surface area contributed by atoms with Crippen LogP contribution in [0.5, 0.6) is 5.75 Å². The molecule has 128 valence electrons. The second-order valence-electron chi connectivity index (χ2n) is 5.16. The van der Waals surface area contributed by atoms with Crippen molar-refractivity contribution in [1.29, 1.82) is 0 Å². The summed E-state index contributed by atoms with van der Waals surface area (Å²) in [5.74, 6) is -1.59. The Labute approximate surface area is 138 Å². The highest BCUT2D eigenvalue weighted by atomic mass is 19.1. The first-order valence-electron chi connectivity index (χ1n) is 7.16. The van der Waals surface area contributed by atoms with E-state index in [4.69, 9.17) is 14.2 Å². The van der Waals surface area contributed by atoms with Crippen LogP contribution in [0.3, 0.4) is 0 Å². The molecule has 0 aliphatic carbocycles. The number of methoxy groups -OCH3 is 2. The molecule has 0 radical (unpaired) electrons. The highest BCUT2D eigenvalue weighted by Crippen LogP contribution is 2.21. The zero-order valence-electron chi connectivity index (χ0n) is 13.9. The van der Waals surface area contributed by atoms with E-state index in [1.807, 2.05) is 0 Å². The minimum Gasteiger partial charge on any atom is -0.494 e. The summed E-state index contributed by atoms with van der Waals surface area (Å²) in [6.45, 7) is 3.18. The number of carbonyl (C=O) groups is 2. The minimum atomic E-state index is -0.637.